The van der Waals surface area contributed by atoms with Crippen molar-refractivity contribution < 1.29 is 0 Å². The zero-order chi connectivity index (χ0) is 15.8. The van der Waals surface area contributed by atoms with Crippen molar-refractivity contribution in [3.8, 4) is 11.3 Å². The summed E-state index contributed by atoms with van der Waals surface area (Å²) in [6.45, 7) is 8.48. The maximum absolute atomic E-state index is 6.37. The summed E-state index contributed by atoms with van der Waals surface area (Å²) in [5.74, 6) is 1.61. The molecule has 0 aliphatic rings. The number of anilines is 1. The molecule has 0 aliphatic heterocycles. The number of rotatable bonds is 3. The van der Waals surface area contributed by atoms with Gasteiger partial charge in [-0.2, -0.15) is 0 Å². The molecule has 0 radical (unpaired) electrons. The van der Waals surface area contributed by atoms with Crippen LogP contribution in [0.3, 0.4) is 0 Å². The van der Waals surface area contributed by atoms with Gasteiger partial charge in [-0.1, -0.05) is 42.3 Å². The number of aryl methyl sites for hydroxylation is 1. The number of hydrogen-bond donors (Lipinski definition) is 1. The Hall–Kier alpha value is -1.19. The zero-order valence-electron chi connectivity index (χ0n) is 12.9. The maximum atomic E-state index is 6.37. The molecule has 0 unspecified atom stereocenters. The number of nitrogens with zero attached hydrogens (tertiary/aromatic N) is 2. The quantitative estimate of drug-likeness (QED) is 0.848. The smallest absolute Gasteiger partial charge is 0.132 e. The van der Waals surface area contributed by atoms with E-state index in [9.17, 15) is 0 Å². The van der Waals surface area contributed by atoms with Gasteiger partial charge in [0.15, 0.2) is 0 Å². The minimum atomic E-state index is -0.134. The van der Waals surface area contributed by atoms with Crippen molar-refractivity contribution in [3.63, 3.8) is 0 Å². The third kappa shape index (κ3) is 3.04. The van der Waals surface area contributed by atoms with Gasteiger partial charge in [0, 0.05) is 17.5 Å². The lowest BCUT2D eigenvalue weighted by atomic mass is 10.1. The van der Waals surface area contributed by atoms with E-state index in [0.29, 0.717) is 21.6 Å². The molecule has 2 aromatic rings. The minimum Gasteiger partial charge on any atom is -0.383 e. The van der Waals surface area contributed by atoms with E-state index in [4.69, 9.17) is 33.9 Å². The monoisotopic (exact) mass is 325 g/mol. The molecule has 1 heterocycles. The number of benzene rings is 1. The fourth-order valence-electron chi connectivity index (χ4n) is 2.51. The van der Waals surface area contributed by atoms with E-state index >= 15 is 0 Å². The first-order valence-electron chi connectivity index (χ1n) is 7.09. The van der Waals surface area contributed by atoms with Crippen LogP contribution >= 0.6 is 23.2 Å². The highest BCUT2D eigenvalue weighted by Gasteiger charge is 2.25. The molecule has 0 spiro atoms. The Bertz CT molecular complexity index is 654. The molecule has 0 fully saturated rings. The molecule has 3 nitrogen and oxygen atoms in total. The van der Waals surface area contributed by atoms with E-state index in [1.165, 1.54) is 0 Å². The van der Waals surface area contributed by atoms with Crippen molar-refractivity contribution in [1.82, 2.24) is 9.55 Å². The summed E-state index contributed by atoms with van der Waals surface area (Å²) in [6, 6.07) is 5.52. The van der Waals surface area contributed by atoms with Gasteiger partial charge in [-0.05, 0) is 33.3 Å². The third-order valence-corrected chi connectivity index (χ3v) is 4.15. The third-order valence-electron chi connectivity index (χ3n) is 3.33. The van der Waals surface area contributed by atoms with E-state index in [0.717, 1.165) is 24.2 Å². The van der Waals surface area contributed by atoms with Crippen molar-refractivity contribution >= 4 is 29.0 Å². The lowest BCUT2D eigenvalue weighted by Crippen LogP contribution is -2.25. The number of aromatic nitrogens is 2. The van der Waals surface area contributed by atoms with Gasteiger partial charge in [0.05, 0.1) is 10.0 Å². The van der Waals surface area contributed by atoms with E-state index in [1.54, 1.807) is 6.07 Å². The topological polar surface area (TPSA) is 43.8 Å². The molecule has 0 atom stereocenters. The van der Waals surface area contributed by atoms with Crippen molar-refractivity contribution in [2.24, 2.45) is 0 Å². The molecule has 0 saturated heterocycles. The van der Waals surface area contributed by atoms with Crippen LogP contribution in [0.25, 0.3) is 11.3 Å². The number of imidazole rings is 1. The van der Waals surface area contributed by atoms with Gasteiger partial charge in [-0.25, -0.2) is 4.98 Å². The number of nitrogen functional groups attached to an aromatic ring is 1. The lowest BCUT2D eigenvalue weighted by molar-refractivity contribution is 0.387. The van der Waals surface area contributed by atoms with E-state index in [1.807, 2.05) is 12.1 Å². The van der Waals surface area contributed by atoms with Gasteiger partial charge in [-0.15, -0.1) is 0 Å². The van der Waals surface area contributed by atoms with Crippen molar-refractivity contribution in [2.75, 3.05) is 5.73 Å². The molecule has 21 heavy (non-hydrogen) atoms. The van der Waals surface area contributed by atoms with Crippen LogP contribution in [0.15, 0.2) is 18.2 Å². The SMILES string of the molecule is CCCc1nc(-c2cccc(Cl)c2Cl)c(N)n1C(C)(C)C. The fourth-order valence-corrected chi connectivity index (χ4v) is 2.90. The first-order chi connectivity index (χ1) is 9.77. The van der Waals surface area contributed by atoms with Gasteiger partial charge in [-0.3, -0.25) is 0 Å². The van der Waals surface area contributed by atoms with Crippen LogP contribution in [0.1, 0.15) is 39.9 Å². The molecular formula is C16H21Cl2N3. The summed E-state index contributed by atoms with van der Waals surface area (Å²) < 4.78 is 2.09. The molecule has 1 aromatic carbocycles. The van der Waals surface area contributed by atoms with Crippen LogP contribution in [0, 0.1) is 0 Å². The van der Waals surface area contributed by atoms with Crippen LogP contribution in [0.5, 0.6) is 0 Å². The van der Waals surface area contributed by atoms with Gasteiger partial charge in [0.1, 0.15) is 17.3 Å². The highest BCUT2D eigenvalue weighted by atomic mass is 35.5. The van der Waals surface area contributed by atoms with Crippen LogP contribution in [0.4, 0.5) is 5.82 Å². The lowest BCUT2D eigenvalue weighted by Gasteiger charge is -2.25. The van der Waals surface area contributed by atoms with E-state index in [2.05, 4.69) is 32.3 Å². The second-order valence-electron chi connectivity index (χ2n) is 6.12. The molecule has 0 amide bonds. The molecule has 114 valence electrons. The summed E-state index contributed by atoms with van der Waals surface area (Å²) in [6.07, 6.45) is 1.88. The Morgan fingerprint density at radius 3 is 2.48 bits per heavy atom. The van der Waals surface area contributed by atoms with Crippen molar-refractivity contribution in [3.05, 3.63) is 34.1 Å². The fraction of sp³-hybridized carbons (Fsp3) is 0.438. The highest BCUT2D eigenvalue weighted by molar-refractivity contribution is 6.43. The predicted molar refractivity (Wildman–Crippen MR) is 91.1 cm³/mol. The second kappa shape index (κ2) is 5.90. The van der Waals surface area contributed by atoms with Crippen LogP contribution in [-0.2, 0) is 12.0 Å². The van der Waals surface area contributed by atoms with Crippen molar-refractivity contribution in [2.45, 2.75) is 46.1 Å². The van der Waals surface area contributed by atoms with Crippen LogP contribution in [-0.4, -0.2) is 9.55 Å². The minimum absolute atomic E-state index is 0.134. The molecular weight excluding hydrogens is 305 g/mol. The molecule has 2 N–H and O–H groups in total. The predicted octanol–water partition coefficient (Wildman–Crippen LogP) is 5.15. The average Bonchev–Trinajstić information content (AvgIpc) is 2.70. The molecule has 0 saturated carbocycles. The number of halogens is 2. The maximum Gasteiger partial charge on any atom is 0.132 e. The number of hydrogen-bond acceptors (Lipinski definition) is 2. The first-order valence-corrected chi connectivity index (χ1v) is 7.85. The molecule has 0 aliphatic carbocycles. The van der Waals surface area contributed by atoms with Gasteiger partial charge in [0.25, 0.3) is 0 Å². The van der Waals surface area contributed by atoms with Crippen LogP contribution < -0.4 is 5.73 Å². The van der Waals surface area contributed by atoms with Crippen molar-refractivity contribution in [1.29, 1.82) is 0 Å². The largest absolute Gasteiger partial charge is 0.383 e. The molecule has 0 bridgehead atoms. The van der Waals surface area contributed by atoms with Gasteiger partial charge >= 0.3 is 0 Å². The summed E-state index contributed by atoms with van der Waals surface area (Å²) in [4.78, 5) is 4.73. The number of nitrogens with two attached hydrogens (primary N) is 1. The zero-order valence-corrected chi connectivity index (χ0v) is 14.4. The van der Waals surface area contributed by atoms with Gasteiger partial charge < -0.3 is 10.3 Å². The molecule has 2 rings (SSSR count). The summed E-state index contributed by atoms with van der Waals surface area (Å²) in [5.41, 5.74) is 7.73. The molecule has 1 aromatic heterocycles. The summed E-state index contributed by atoms with van der Waals surface area (Å²) >= 11 is 12.4. The summed E-state index contributed by atoms with van der Waals surface area (Å²) in [5, 5.41) is 1.00. The highest BCUT2D eigenvalue weighted by Crippen LogP contribution is 2.38. The van der Waals surface area contributed by atoms with Gasteiger partial charge in [0.2, 0.25) is 0 Å². The standard InChI is InChI=1S/C16H21Cl2N3/c1-5-7-12-20-14(15(19)21(12)16(2,3)4)10-8-6-9-11(17)13(10)18/h6,8-9H,5,7,19H2,1-4H3. The second-order valence-corrected chi connectivity index (χ2v) is 6.90. The normalized spacial score (nSPS) is 11.9. The van der Waals surface area contributed by atoms with E-state index < -0.39 is 0 Å². The Morgan fingerprint density at radius 1 is 1.24 bits per heavy atom. The Kier molecular flexibility index (Phi) is 4.54. The molecule has 5 heteroatoms. The summed E-state index contributed by atoms with van der Waals surface area (Å²) in [7, 11) is 0. The van der Waals surface area contributed by atoms with Crippen LogP contribution in [0.2, 0.25) is 10.0 Å². The average molecular weight is 326 g/mol. The Morgan fingerprint density at radius 2 is 1.90 bits per heavy atom. The Balaban J connectivity index is 2.68. The van der Waals surface area contributed by atoms with E-state index in [-0.39, 0.29) is 5.54 Å². The Labute approximate surface area is 136 Å². The first kappa shape index (κ1) is 16.2.